The average molecular weight is 677 g/mol. The molecule has 12 heteroatoms. The van der Waals surface area contributed by atoms with E-state index in [2.05, 4.69) is 36.3 Å². The number of furan rings is 1. The zero-order valence-corrected chi connectivity index (χ0v) is 28.3. The van der Waals surface area contributed by atoms with Gasteiger partial charge in [0.05, 0.1) is 42.7 Å². The summed E-state index contributed by atoms with van der Waals surface area (Å²) in [5.41, 5.74) is 4.87. The minimum atomic E-state index is -0.279. The number of para-hydroxylation sites is 2. The second-order valence-electron chi connectivity index (χ2n) is 12.8. The number of likely N-dealkylation sites (tertiary alicyclic amines) is 1. The SMILES string of the molecule is COc1ccc(-c2cn[nH]n2)cc1C(=O)N(C)CC(CCN1CCC(Nc2nc3ccccc3n2Cc2ccco2)CC1)c1ccc(F)cc1. The second-order valence-corrected chi connectivity index (χ2v) is 12.8. The fourth-order valence-electron chi connectivity index (χ4n) is 6.82. The zero-order valence-electron chi connectivity index (χ0n) is 28.3. The van der Waals surface area contributed by atoms with Crippen LogP contribution < -0.4 is 10.1 Å². The van der Waals surface area contributed by atoms with Crippen molar-refractivity contribution in [3.05, 3.63) is 114 Å². The third-order valence-electron chi connectivity index (χ3n) is 9.59. The Bertz CT molecular complexity index is 2000. The van der Waals surface area contributed by atoms with Crippen molar-refractivity contribution in [2.45, 2.75) is 37.8 Å². The molecule has 3 aromatic carbocycles. The molecular formula is C38H41FN8O3. The van der Waals surface area contributed by atoms with Crippen LogP contribution in [0.5, 0.6) is 5.75 Å². The normalized spacial score (nSPS) is 14.5. The summed E-state index contributed by atoms with van der Waals surface area (Å²) in [4.78, 5) is 23.0. The Morgan fingerprint density at radius 2 is 1.92 bits per heavy atom. The molecule has 2 N–H and O–H groups in total. The number of methoxy groups -OCH3 is 1. The molecule has 1 aliphatic rings. The van der Waals surface area contributed by atoms with Crippen LogP contribution >= 0.6 is 0 Å². The van der Waals surface area contributed by atoms with Gasteiger partial charge in [0, 0.05) is 44.2 Å². The predicted molar refractivity (Wildman–Crippen MR) is 190 cm³/mol. The molecule has 0 spiro atoms. The highest BCUT2D eigenvalue weighted by molar-refractivity contribution is 5.98. The number of likely N-dealkylation sites (N-methyl/N-ethyl adjacent to an activating group) is 1. The second kappa shape index (κ2) is 15.0. The quantitative estimate of drug-likeness (QED) is 0.144. The maximum absolute atomic E-state index is 13.9. The molecule has 50 heavy (non-hydrogen) atoms. The van der Waals surface area contributed by atoms with Gasteiger partial charge in [-0.3, -0.25) is 4.79 Å². The summed E-state index contributed by atoms with van der Waals surface area (Å²) < 4.78 is 27.3. The van der Waals surface area contributed by atoms with Crippen molar-refractivity contribution in [1.29, 1.82) is 0 Å². The third-order valence-corrected chi connectivity index (χ3v) is 9.59. The van der Waals surface area contributed by atoms with Crippen LogP contribution in [-0.4, -0.2) is 87.0 Å². The number of nitrogens with one attached hydrogen (secondary N) is 2. The Kier molecular flexibility index (Phi) is 9.88. The number of H-pyrrole nitrogens is 1. The van der Waals surface area contributed by atoms with Crippen LogP contribution in [0.2, 0.25) is 0 Å². The van der Waals surface area contributed by atoms with Gasteiger partial charge < -0.3 is 28.8 Å². The zero-order chi connectivity index (χ0) is 34.5. The summed E-state index contributed by atoms with van der Waals surface area (Å²) in [6.07, 6.45) is 6.08. The van der Waals surface area contributed by atoms with Gasteiger partial charge in [-0.15, -0.1) is 0 Å². The highest BCUT2D eigenvalue weighted by Crippen LogP contribution is 2.29. The first-order valence-electron chi connectivity index (χ1n) is 17.0. The van der Waals surface area contributed by atoms with E-state index in [-0.39, 0.29) is 23.7 Å². The number of hydrogen-bond acceptors (Lipinski definition) is 8. The van der Waals surface area contributed by atoms with E-state index >= 15 is 0 Å². The maximum Gasteiger partial charge on any atom is 0.257 e. The summed E-state index contributed by atoms with van der Waals surface area (Å²) in [5.74, 6) is 1.79. The molecule has 1 aliphatic heterocycles. The summed E-state index contributed by atoms with van der Waals surface area (Å²) in [5, 5.41) is 14.4. The van der Waals surface area contributed by atoms with Gasteiger partial charge in [-0.05, 0) is 86.0 Å². The Balaban J connectivity index is 0.999. The molecule has 4 heterocycles. The lowest BCUT2D eigenvalue weighted by molar-refractivity contribution is 0.0778. The standard InChI is InChI=1S/C38H41FN8O3/c1-45(37(48)32-22-27(11-14-36(32)49-2)34-23-40-44-43-34)24-28(26-9-12-29(39)13-10-26)15-18-46-19-16-30(17-20-46)41-38-42-33-7-3-4-8-35(33)47(38)25-31-6-5-21-50-31/h3-14,21-23,28,30H,15-20,24-25H2,1-2H3,(H,41,42)(H,40,43,44). The fraction of sp³-hybridized carbons (Fsp3) is 0.316. The van der Waals surface area contributed by atoms with Crippen LogP contribution in [0.15, 0.2) is 95.7 Å². The number of carbonyl (C=O) groups excluding carboxylic acids is 1. The van der Waals surface area contributed by atoms with Crippen LogP contribution in [0.4, 0.5) is 10.3 Å². The van der Waals surface area contributed by atoms with Gasteiger partial charge in [0.1, 0.15) is 23.0 Å². The van der Waals surface area contributed by atoms with Crippen LogP contribution in [0.1, 0.15) is 46.9 Å². The molecule has 6 aromatic rings. The van der Waals surface area contributed by atoms with Gasteiger partial charge in [-0.1, -0.05) is 24.3 Å². The van der Waals surface area contributed by atoms with Crippen LogP contribution in [0.3, 0.4) is 0 Å². The van der Waals surface area contributed by atoms with Crippen molar-refractivity contribution >= 4 is 22.9 Å². The van der Waals surface area contributed by atoms with E-state index in [1.165, 1.54) is 12.1 Å². The number of ether oxygens (including phenoxy) is 1. The van der Waals surface area contributed by atoms with Gasteiger partial charge in [-0.25, -0.2) is 9.37 Å². The minimum Gasteiger partial charge on any atom is -0.496 e. The third kappa shape index (κ3) is 7.40. The van der Waals surface area contributed by atoms with E-state index in [9.17, 15) is 9.18 Å². The van der Waals surface area contributed by atoms with E-state index in [0.29, 0.717) is 30.1 Å². The van der Waals surface area contributed by atoms with Gasteiger partial charge in [-0.2, -0.15) is 15.4 Å². The maximum atomic E-state index is 13.9. The monoisotopic (exact) mass is 676 g/mol. The molecule has 1 fully saturated rings. The molecule has 0 aliphatic carbocycles. The molecule has 0 radical (unpaired) electrons. The van der Waals surface area contributed by atoms with Gasteiger partial charge >= 0.3 is 0 Å². The Morgan fingerprint density at radius 3 is 2.66 bits per heavy atom. The summed E-state index contributed by atoms with van der Waals surface area (Å²) in [6, 6.07) is 24.4. The number of hydrogen-bond donors (Lipinski definition) is 2. The Morgan fingerprint density at radius 1 is 1.10 bits per heavy atom. The lowest BCUT2D eigenvalue weighted by atomic mass is 9.93. The Labute approximate surface area is 290 Å². The molecule has 0 bridgehead atoms. The van der Waals surface area contributed by atoms with E-state index in [1.54, 1.807) is 43.7 Å². The van der Waals surface area contributed by atoms with Crippen molar-refractivity contribution in [3.63, 3.8) is 0 Å². The summed E-state index contributed by atoms with van der Waals surface area (Å²) >= 11 is 0. The smallest absolute Gasteiger partial charge is 0.257 e. The minimum absolute atomic E-state index is 0.00613. The number of halogens is 1. The molecule has 1 amide bonds. The number of aromatic nitrogens is 5. The highest BCUT2D eigenvalue weighted by atomic mass is 19.1. The molecule has 0 saturated carbocycles. The lowest BCUT2D eigenvalue weighted by Crippen LogP contribution is -2.40. The summed E-state index contributed by atoms with van der Waals surface area (Å²) in [7, 11) is 3.36. The topological polar surface area (TPSA) is 117 Å². The van der Waals surface area contributed by atoms with E-state index < -0.39 is 0 Å². The van der Waals surface area contributed by atoms with Crippen molar-refractivity contribution in [1.82, 2.24) is 34.8 Å². The number of aromatic amines is 1. The number of nitrogens with zero attached hydrogens (tertiary/aromatic N) is 6. The predicted octanol–water partition coefficient (Wildman–Crippen LogP) is 6.43. The van der Waals surface area contributed by atoms with Gasteiger partial charge in [0.25, 0.3) is 5.91 Å². The molecule has 1 unspecified atom stereocenters. The molecular weight excluding hydrogens is 635 g/mol. The van der Waals surface area contributed by atoms with E-state index in [0.717, 1.165) is 72.8 Å². The molecule has 1 atom stereocenters. The molecule has 11 nitrogen and oxygen atoms in total. The first kappa shape index (κ1) is 33.0. The number of benzene rings is 3. The largest absolute Gasteiger partial charge is 0.496 e. The van der Waals surface area contributed by atoms with Crippen LogP contribution in [0.25, 0.3) is 22.3 Å². The van der Waals surface area contributed by atoms with Crippen molar-refractivity contribution in [2.75, 3.05) is 45.7 Å². The molecule has 3 aromatic heterocycles. The number of imidazole rings is 1. The number of anilines is 1. The Hall–Kier alpha value is -5.49. The van der Waals surface area contributed by atoms with Gasteiger partial charge in [0.15, 0.2) is 0 Å². The highest BCUT2D eigenvalue weighted by Gasteiger charge is 2.25. The van der Waals surface area contributed by atoms with Gasteiger partial charge in [0.2, 0.25) is 5.95 Å². The lowest BCUT2D eigenvalue weighted by Gasteiger charge is -2.34. The first-order chi connectivity index (χ1) is 24.4. The molecule has 258 valence electrons. The van der Waals surface area contributed by atoms with Crippen LogP contribution in [-0.2, 0) is 6.54 Å². The van der Waals surface area contributed by atoms with Crippen molar-refractivity contribution < 1.29 is 18.3 Å². The number of rotatable bonds is 13. The van der Waals surface area contributed by atoms with Crippen LogP contribution in [0, 0.1) is 5.82 Å². The average Bonchev–Trinajstić information content (AvgIpc) is 3.94. The number of amides is 1. The number of carbonyl (C=O) groups is 1. The van der Waals surface area contributed by atoms with Crippen molar-refractivity contribution in [3.8, 4) is 17.0 Å². The molecule has 7 rings (SSSR count). The number of fused-ring (bicyclic) bond motifs is 1. The van der Waals surface area contributed by atoms with Crippen molar-refractivity contribution in [2.24, 2.45) is 0 Å². The number of piperidine rings is 1. The van der Waals surface area contributed by atoms with E-state index in [4.69, 9.17) is 14.1 Å². The molecule has 1 saturated heterocycles. The fourth-order valence-corrected chi connectivity index (χ4v) is 6.82. The van der Waals surface area contributed by atoms with E-state index in [1.807, 2.05) is 48.5 Å². The summed E-state index contributed by atoms with van der Waals surface area (Å²) in [6.45, 7) is 3.81. The first-order valence-corrected chi connectivity index (χ1v) is 17.0.